The molecule has 0 saturated heterocycles. The third-order valence-electron chi connectivity index (χ3n) is 3.64. The van der Waals surface area contributed by atoms with Crippen molar-refractivity contribution in [3.05, 3.63) is 30.1 Å². The molecule has 0 aliphatic carbocycles. The fourth-order valence-corrected chi connectivity index (χ4v) is 2.68. The summed E-state index contributed by atoms with van der Waals surface area (Å²) in [4.78, 5) is 13.0. The van der Waals surface area contributed by atoms with E-state index in [1.54, 1.807) is 0 Å². The third kappa shape index (κ3) is 2.41. The second kappa shape index (κ2) is 5.51. The average molecular weight is 297 g/mol. The molecule has 0 amide bonds. The number of benzene rings is 1. The number of aromatic nitrogens is 3. The molecule has 0 unspecified atom stereocenters. The van der Waals surface area contributed by atoms with Crippen molar-refractivity contribution in [1.29, 1.82) is 0 Å². The van der Waals surface area contributed by atoms with Gasteiger partial charge in [-0.1, -0.05) is 18.2 Å². The molecule has 2 heterocycles. The highest BCUT2D eigenvalue weighted by atomic mass is 15.1. The Morgan fingerprint density at radius 2 is 2.00 bits per heavy atom. The summed E-state index contributed by atoms with van der Waals surface area (Å²) in [5.41, 5.74) is 19.4. The van der Waals surface area contributed by atoms with E-state index in [9.17, 15) is 0 Å². The summed E-state index contributed by atoms with van der Waals surface area (Å²) in [5, 5.41) is 1.05. The van der Waals surface area contributed by atoms with Gasteiger partial charge >= 0.3 is 0 Å². The largest absolute Gasteiger partial charge is 0.382 e. The standard InChI is InChI=1S/C15H19N7/c1-9-20-12-13(22(9)8-4-7-19-15(17)18)10-5-2-3-6-11(10)21-14(12)16/h2-3,5-6H,4,7-8H2,1H3,(H2,16,21)(H4,17,18,19). The number of rotatable bonds is 4. The molecule has 0 spiro atoms. The minimum atomic E-state index is 0.117. The first-order valence-corrected chi connectivity index (χ1v) is 7.14. The van der Waals surface area contributed by atoms with Crippen LogP contribution < -0.4 is 17.2 Å². The van der Waals surface area contributed by atoms with Gasteiger partial charge in [0.15, 0.2) is 11.8 Å². The van der Waals surface area contributed by atoms with Crippen LogP contribution in [0.25, 0.3) is 21.9 Å². The van der Waals surface area contributed by atoms with Crippen LogP contribution in [0.1, 0.15) is 12.2 Å². The molecule has 114 valence electrons. The van der Waals surface area contributed by atoms with Gasteiger partial charge in [-0.15, -0.1) is 0 Å². The minimum absolute atomic E-state index is 0.117. The van der Waals surface area contributed by atoms with Crippen LogP contribution in [-0.2, 0) is 6.54 Å². The summed E-state index contributed by atoms with van der Waals surface area (Å²) in [6, 6.07) is 7.94. The minimum Gasteiger partial charge on any atom is -0.382 e. The summed E-state index contributed by atoms with van der Waals surface area (Å²) in [7, 11) is 0. The first-order chi connectivity index (χ1) is 10.6. The molecular formula is C15H19N7. The Labute approximate surface area is 127 Å². The molecule has 0 aliphatic heterocycles. The topological polar surface area (TPSA) is 121 Å². The van der Waals surface area contributed by atoms with Crippen LogP contribution in [-0.4, -0.2) is 27.0 Å². The van der Waals surface area contributed by atoms with Crippen molar-refractivity contribution < 1.29 is 0 Å². The molecule has 0 radical (unpaired) electrons. The Hall–Kier alpha value is -2.83. The van der Waals surface area contributed by atoms with Gasteiger partial charge in [-0.3, -0.25) is 4.99 Å². The van der Waals surface area contributed by atoms with Gasteiger partial charge in [0, 0.05) is 18.5 Å². The van der Waals surface area contributed by atoms with Crippen LogP contribution in [0.3, 0.4) is 0 Å². The highest BCUT2D eigenvalue weighted by Gasteiger charge is 2.14. The van der Waals surface area contributed by atoms with Crippen LogP contribution in [0.4, 0.5) is 5.82 Å². The number of aliphatic imine (C=N–C) groups is 1. The Kier molecular flexibility index (Phi) is 3.54. The quantitative estimate of drug-likeness (QED) is 0.379. The van der Waals surface area contributed by atoms with Gasteiger partial charge in [0.2, 0.25) is 0 Å². The number of hydrogen-bond donors (Lipinski definition) is 3. The molecule has 0 bridgehead atoms. The van der Waals surface area contributed by atoms with Gasteiger partial charge in [0.25, 0.3) is 0 Å². The number of pyridine rings is 1. The maximum atomic E-state index is 6.06. The van der Waals surface area contributed by atoms with Gasteiger partial charge < -0.3 is 21.8 Å². The summed E-state index contributed by atoms with van der Waals surface area (Å²) >= 11 is 0. The van der Waals surface area contributed by atoms with E-state index in [0.29, 0.717) is 12.4 Å². The van der Waals surface area contributed by atoms with E-state index in [2.05, 4.69) is 19.5 Å². The van der Waals surface area contributed by atoms with Crippen molar-refractivity contribution in [2.45, 2.75) is 19.9 Å². The number of hydrogen-bond acceptors (Lipinski definition) is 4. The Balaban J connectivity index is 2.09. The number of para-hydroxylation sites is 1. The molecule has 0 fully saturated rings. The lowest BCUT2D eigenvalue weighted by Crippen LogP contribution is -2.23. The molecule has 3 aromatic rings. The van der Waals surface area contributed by atoms with Crippen molar-refractivity contribution >= 4 is 33.7 Å². The molecule has 2 aromatic heterocycles. The lowest BCUT2D eigenvalue weighted by Gasteiger charge is -2.08. The second-order valence-corrected chi connectivity index (χ2v) is 5.18. The number of nitrogens with two attached hydrogens (primary N) is 3. The molecule has 0 saturated carbocycles. The van der Waals surface area contributed by atoms with Crippen LogP contribution in [0.2, 0.25) is 0 Å². The molecule has 7 nitrogen and oxygen atoms in total. The van der Waals surface area contributed by atoms with E-state index >= 15 is 0 Å². The average Bonchev–Trinajstić information content (AvgIpc) is 2.81. The molecule has 6 N–H and O–H groups in total. The van der Waals surface area contributed by atoms with E-state index in [1.807, 2.05) is 31.2 Å². The lowest BCUT2D eigenvalue weighted by atomic mass is 10.2. The van der Waals surface area contributed by atoms with Gasteiger partial charge in [-0.05, 0) is 19.4 Å². The summed E-state index contributed by atoms with van der Waals surface area (Å²) in [6.07, 6.45) is 0.820. The normalized spacial score (nSPS) is 11.1. The zero-order valence-electron chi connectivity index (χ0n) is 12.5. The number of aryl methyl sites for hydroxylation is 2. The van der Waals surface area contributed by atoms with Gasteiger partial charge in [-0.2, -0.15) is 0 Å². The third-order valence-corrected chi connectivity index (χ3v) is 3.64. The smallest absolute Gasteiger partial charge is 0.185 e. The number of guanidine groups is 1. The molecule has 0 atom stereocenters. The highest BCUT2D eigenvalue weighted by molar-refractivity contribution is 6.06. The van der Waals surface area contributed by atoms with Crippen LogP contribution in [0.5, 0.6) is 0 Å². The van der Waals surface area contributed by atoms with E-state index in [-0.39, 0.29) is 5.96 Å². The van der Waals surface area contributed by atoms with E-state index in [0.717, 1.165) is 40.7 Å². The van der Waals surface area contributed by atoms with Gasteiger partial charge in [-0.25, -0.2) is 9.97 Å². The predicted octanol–water partition coefficient (Wildman–Crippen LogP) is 1.14. The number of nitrogen functional groups attached to an aromatic ring is 1. The van der Waals surface area contributed by atoms with Crippen LogP contribution in [0, 0.1) is 6.92 Å². The first-order valence-electron chi connectivity index (χ1n) is 7.14. The fraction of sp³-hybridized carbons (Fsp3) is 0.267. The number of fused-ring (bicyclic) bond motifs is 3. The van der Waals surface area contributed by atoms with Gasteiger partial charge in [0.05, 0.1) is 11.0 Å². The van der Waals surface area contributed by atoms with E-state index in [4.69, 9.17) is 17.2 Å². The van der Waals surface area contributed by atoms with Crippen molar-refractivity contribution in [3.8, 4) is 0 Å². The van der Waals surface area contributed by atoms with E-state index in [1.165, 1.54) is 0 Å². The highest BCUT2D eigenvalue weighted by Crippen LogP contribution is 2.28. The van der Waals surface area contributed by atoms with Gasteiger partial charge in [0.1, 0.15) is 11.3 Å². The summed E-state index contributed by atoms with van der Waals surface area (Å²) < 4.78 is 2.15. The molecule has 3 rings (SSSR count). The number of imidazole rings is 1. The van der Waals surface area contributed by atoms with Crippen molar-refractivity contribution in [2.24, 2.45) is 16.5 Å². The van der Waals surface area contributed by atoms with Crippen LogP contribution >= 0.6 is 0 Å². The van der Waals surface area contributed by atoms with Crippen molar-refractivity contribution in [1.82, 2.24) is 14.5 Å². The number of nitrogens with zero attached hydrogens (tertiary/aromatic N) is 4. The number of anilines is 1. The summed E-state index contributed by atoms with van der Waals surface area (Å²) in [5.74, 6) is 1.48. The Morgan fingerprint density at radius 3 is 2.77 bits per heavy atom. The zero-order chi connectivity index (χ0) is 15.7. The Bertz CT molecular complexity index is 859. The zero-order valence-corrected chi connectivity index (χ0v) is 12.5. The SMILES string of the molecule is Cc1nc2c(N)nc3ccccc3c2n1CCCN=C(N)N. The summed E-state index contributed by atoms with van der Waals surface area (Å²) in [6.45, 7) is 3.32. The molecule has 7 heteroatoms. The molecule has 1 aromatic carbocycles. The molecule has 22 heavy (non-hydrogen) atoms. The maximum Gasteiger partial charge on any atom is 0.185 e. The maximum absolute atomic E-state index is 6.06. The lowest BCUT2D eigenvalue weighted by molar-refractivity contribution is 0.650. The van der Waals surface area contributed by atoms with Crippen molar-refractivity contribution in [3.63, 3.8) is 0 Å². The Morgan fingerprint density at radius 1 is 1.23 bits per heavy atom. The van der Waals surface area contributed by atoms with E-state index < -0.39 is 0 Å². The van der Waals surface area contributed by atoms with Crippen molar-refractivity contribution in [2.75, 3.05) is 12.3 Å². The monoisotopic (exact) mass is 297 g/mol. The predicted molar refractivity (Wildman–Crippen MR) is 89.5 cm³/mol. The molecule has 0 aliphatic rings. The van der Waals surface area contributed by atoms with Crippen LogP contribution in [0.15, 0.2) is 29.3 Å². The molecular weight excluding hydrogens is 278 g/mol. The second-order valence-electron chi connectivity index (χ2n) is 5.18. The first kappa shape index (κ1) is 14.1. The fourth-order valence-electron chi connectivity index (χ4n) is 2.68.